The lowest BCUT2D eigenvalue weighted by Crippen LogP contribution is -2.02. The average Bonchev–Trinajstić information content (AvgIpc) is 2.68. The van der Waals surface area contributed by atoms with Gasteiger partial charge in [0.05, 0.1) is 18.4 Å². The Labute approximate surface area is 150 Å². The summed E-state index contributed by atoms with van der Waals surface area (Å²) >= 11 is 0. The zero-order valence-corrected chi connectivity index (χ0v) is 14.1. The molecule has 0 bridgehead atoms. The van der Waals surface area contributed by atoms with Crippen molar-refractivity contribution in [3.8, 4) is 17.2 Å². The number of phenols is 2. The third kappa shape index (κ3) is 3.72. The fraction of sp³-hybridized carbons (Fsp3) is 0.0476. The van der Waals surface area contributed by atoms with Crippen LogP contribution >= 0.6 is 0 Å². The fourth-order valence-electron chi connectivity index (χ4n) is 2.44. The average molecular weight is 347 g/mol. The van der Waals surface area contributed by atoms with E-state index in [1.165, 1.54) is 12.3 Å². The van der Waals surface area contributed by atoms with Crippen LogP contribution < -0.4 is 4.74 Å². The number of aromatic hydroxyl groups is 2. The highest BCUT2D eigenvalue weighted by atomic mass is 16.5. The molecule has 3 rings (SSSR count). The van der Waals surface area contributed by atoms with Crippen molar-refractivity contribution in [1.29, 1.82) is 0 Å². The van der Waals surface area contributed by atoms with Crippen molar-refractivity contribution in [3.63, 3.8) is 0 Å². The van der Waals surface area contributed by atoms with Crippen LogP contribution in [-0.2, 0) is 0 Å². The zero-order chi connectivity index (χ0) is 18.5. The molecule has 5 heteroatoms. The van der Waals surface area contributed by atoms with Gasteiger partial charge in [0.25, 0.3) is 0 Å². The standard InChI is InChI=1S/C21H17NO4/c1-26-17-9-7-16(8-10-17)22-13-15-11-18(20(24)12-19(15)23)21(25)14-5-3-2-4-6-14/h2-13,23-24H,1H3. The Bertz CT molecular complexity index is 948. The Hall–Kier alpha value is -3.60. The molecule has 0 saturated heterocycles. The van der Waals surface area contributed by atoms with Crippen molar-refractivity contribution in [1.82, 2.24) is 0 Å². The van der Waals surface area contributed by atoms with E-state index in [0.29, 0.717) is 22.6 Å². The number of hydrogen-bond acceptors (Lipinski definition) is 5. The van der Waals surface area contributed by atoms with Crippen molar-refractivity contribution < 1.29 is 19.7 Å². The Balaban J connectivity index is 1.92. The van der Waals surface area contributed by atoms with Crippen molar-refractivity contribution in [2.45, 2.75) is 0 Å². The second-order valence-electron chi connectivity index (χ2n) is 5.58. The molecule has 0 fully saturated rings. The van der Waals surface area contributed by atoms with E-state index in [-0.39, 0.29) is 22.8 Å². The number of rotatable bonds is 5. The number of ether oxygens (including phenoxy) is 1. The number of nitrogens with zero attached hydrogens (tertiary/aromatic N) is 1. The van der Waals surface area contributed by atoms with E-state index in [1.807, 2.05) is 0 Å². The molecule has 0 heterocycles. The maximum Gasteiger partial charge on any atom is 0.196 e. The van der Waals surface area contributed by atoms with Gasteiger partial charge in [0.15, 0.2) is 5.78 Å². The monoisotopic (exact) mass is 347 g/mol. The van der Waals surface area contributed by atoms with Crippen LogP contribution in [0.15, 0.2) is 71.7 Å². The molecule has 0 aromatic heterocycles. The third-order valence-corrected chi connectivity index (χ3v) is 3.85. The predicted octanol–water partition coefficient (Wildman–Crippen LogP) is 4.09. The van der Waals surface area contributed by atoms with E-state index >= 15 is 0 Å². The quantitative estimate of drug-likeness (QED) is 0.538. The van der Waals surface area contributed by atoms with Crippen LogP contribution in [0.5, 0.6) is 17.2 Å². The Morgan fingerprint density at radius 3 is 2.31 bits per heavy atom. The summed E-state index contributed by atoms with van der Waals surface area (Å²) in [6.07, 6.45) is 1.44. The largest absolute Gasteiger partial charge is 0.507 e. The van der Waals surface area contributed by atoms with Gasteiger partial charge in [0.2, 0.25) is 0 Å². The lowest BCUT2D eigenvalue weighted by molar-refractivity contribution is 0.103. The molecule has 0 atom stereocenters. The van der Waals surface area contributed by atoms with Gasteiger partial charge in [0, 0.05) is 23.4 Å². The number of aliphatic imine (C=N–C) groups is 1. The highest BCUT2D eigenvalue weighted by Crippen LogP contribution is 2.29. The summed E-state index contributed by atoms with van der Waals surface area (Å²) in [5.41, 5.74) is 1.55. The minimum atomic E-state index is -0.331. The van der Waals surface area contributed by atoms with Gasteiger partial charge in [-0.15, -0.1) is 0 Å². The zero-order valence-electron chi connectivity index (χ0n) is 14.1. The molecule has 3 aromatic carbocycles. The van der Waals surface area contributed by atoms with Gasteiger partial charge in [-0.05, 0) is 30.3 Å². The van der Waals surface area contributed by atoms with E-state index in [1.54, 1.807) is 61.7 Å². The molecule has 0 aliphatic rings. The Morgan fingerprint density at radius 2 is 1.65 bits per heavy atom. The smallest absolute Gasteiger partial charge is 0.196 e. The third-order valence-electron chi connectivity index (χ3n) is 3.85. The Morgan fingerprint density at radius 1 is 0.962 bits per heavy atom. The number of hydrogen-bond donors (Lipinski definition) is 2. The molecule has 0 aliphatic carbocycles. The maximum atomic E-state index is 12.6. The number of ketones is 1. The highest BCUT2D eigenvalue weighted by Gasteiger charge is 2.16. The fourth-order valence-corrected chi connectivity index (χ4v) is 2.44. The molecule has 2 N–H and O–H groups in total. The topological polar surface area (TPSA) is 79.1 Å². The first kappa shape index (κ1) is 17.2. The van der Waals surface area contributed by atoms with Crippen molar-refractivity contribution in [2.75, 3.05) is 7.11 Å². The highest BCUT2D eigenvalue weighted by molar-refractivity contribution is 6.11. The summed E-state index contributed by atoms with van der Waals surface area (Å²) in [4.78, 5) is 16.9. The molecule has 26 heavy (non-hydrogen) atoms. The van der Waals surface area contributed by atoms with Crippen LogP contribution in [0, 0.1) is 0 Å². The molecule has 0 aliphatic heterocycles. The number of carbonyl (C=O) groups is 1. The molecule has 0 radical (unpaired) electrons. The van der Waals surface area contributed by atoms with E-state index in [9.17, 15) is 15.0 Å². The summed E-state index contributed by atoms with van der Waals surface area (Å²) in [6, 6.07) is 18.3. The maximum absolute atomic E-state index is 12.6. The van der Waals surface area contributed by atoms with Crippen molar-refractivity contribution in [2.24, 2.45) is 4.99 Å². The summed E-state index contributed by atoms with van der Waals surface area (Å²) in [5.74, 6) is -0.0586. The van der Waals surface area contributed by atoms with E-state index in [2.05, 4.69) is 4.99 Å². The van der Waals surface area contributed by atoms with Gasteiger partial charge in [-0.3, -0.25) is 9.79 Å². The normalized spacial score (nSPS) is 10.8. The molecule has 0 unspecified atom stereocenters. The second-order valence-corrected chi connectivity index (χ2v) is 5.58. The van der Waals surface area contributed by atoms with Crippen LogP contribution in [-0.4, -0.2) is 29.3 Å². The lowest BCUT2D eigenvalue weighted by Gasteiger charge is -2.07. The minimum absolute atomic E-state index is 0.102. The first-order valence-electron chi connectivity index (χ1n) is 7.92. The van der Waals surface area contributed by atoms with Gasteiger partial charge < -0.3 is 14.9 Å². The number of phenolic OH excluding ortho intramolecular Hbond substituents is 2. The van der Waals surface area contributed by atoms with Crippen molar-refractivity contribution in [3.05, 3.63) is 83.4 Å². The van der Waals surface area contributed by atoms with Gasteiger partial charge in [-0.25, -0.2) is 0 Å². The van der Waals surface area contributed by atoms with Crippen LogP contribution in [0.25, 0.3) is 0 Å². The molecule has 130 valence electrons. The summed E-state index contributed by atoms with van der Waals surface area (Å²) in [7, 11) is 1.58. The van der Waals surface area contributed by atoms with Gasteiger partial charge in [-0.1, -0.05) is 30.3 Å². The Kier molecular flexibility index (Phi) is 4.99. The van der Waals surface area contributed by atoms with E-state index < -0.39 is 0 Å². The number of carbonyl (C=O) groups excluding carboxylic acids is 1. The minimum Gasteiger partial charge on any atom is -0.507 e. The second kappa shape index (κ2) is 7.53. The van der Waals surface area contributed by atoms with Crippen LogP contribution in [0.4, 0.5) is 5.69 Å². The predicted molar refractivity (Wildman–Crippen MR) is 99.9 cm³/mol. The van der Waals surface area contributed by atoms with Gasteiger partial charge >= 0.3 is 0 Å². The number of methoxy groups -OCH3 is 1. The van der Waals surface area contributed by atoms with Crippen LogP contribution in [0.3, 0.4) is 0 Å². The lowest BCUT2D eigenvalue weighted by atomic mass is 10.00. The van der Waals surface area contributed by atoms with Crippen LogP contribution in [0.2, 0.25) is 0 Å². The molecule has 3 aromatic rings. The first-order valence-corrected chi connectivity index (χ1v) is 7.92. The van der Waals surface area contributed by atoms with E-state index in [4.69, 9.17) is 4.74 Å². The van der Waals surface area contributed by atoms with Crippen LogP contribution in [0.1, 0.15) is 21.5 Å². The van der Waals surface area contributed by atoms with Gasteiger partial charge in [0.1, 0.15) is 17.2 Å². The van der Waals surface area contributed by atoms with Crippen molar-refractivity contribution >= 4 is 17.7 Å². The van der Waals surface area contributed by atoms with Gasteiger partial charge in [-0.2, -0.15) is 0 Å². The first-order chi connectivity index (χ1) is 12.6. The number of benzene rings is 3. The molecule has 5 nitrogen and oxygen atoms in total. The summed E-state index contributed by atoms with van der Waals surface area (Å²) < 4.78 is 5.09. The molecule has 0 saturated carbocycles. The molecular formula is C21H17NO4. The summed E-state index contributed by atoms with van der Waals surface area (Å²) in [6.45, 7) is 0. The molecule has 0 spiro atoms. The molecular weight excluding hydrogens is 330 g/mol. The molecule has 0 amide bonds. The SMILES string of the molecule is COc1ccc(N=Cc2cc(C(=O)c3ccccc3)c(O)cc2O)cc1. The van der Waals surface area contributed by atoms with E-state index in [0.717, 1.165) is 6.07 Å². The summed E-state index contributed by atoms with van der Waals surface area (Å²) in [5, 5.41) is 20.1.